The zero-order chi connectivity index (χ0) is 12.4. The van der Waals surface area contributed by atoms with Gasteiger partial charge in [0, 0.05) is 0 Å². The molecule has 2 N–H and O–H groups in total. The summed E-state index contributed by atoms with van der Waals surface area (Å²) in [5.41, 5.74) is 9.28. The quantitative estimate of drug-likeness (QED) is 0.859. The second kappa shape index (κ2) is 5.09. The summed E-state index contributed by atoms with van der Waals surface area (Å²) >= 11 is 12.2. The number of hydrogen-bond acceptors (Lipinski definition) is 1. The van der Waals surface area contributed by atoms with Crippen molar-refractivity contribution in [2.45, 2.75) is 13.0 Å². The maximum Gasteiger partial charge on any atom is 0.0643 e. The van der Waals surface area contributed by atoms with E-state index in [0.29, 0.717) is 10.0 Å². The first-order valence-corrected chi connectivity index (χ1v) is 6.11. The molecule has 0 aliphatic heterocycles. The maximum atomic E-state index is 6.21. The van der Waals surface area contributed by atoms with Crippen LogP contribution >= 0.6 is 23.2 Å². The fraction of sp³-hybridized carbons (Fsp3) is 0.143. The van der Waals surface area contributed by atoms with Gasteiger partial charge in [0.1, 0.15) is 0 Å². The van der Waals surface area contributed by atoms with Gasteiger partial charge in [0.15, 0.2) is 0 Å². The van der Waals surface area contributed by atoms with E-state index in [9.17, 15) is 0 Å². The normalized spacial score (nSPS) is 12.5. The van der Waals surface area contributed by atoms with Gasteiger partial charge in [0.25, 0.3) is 0 Å². The van der Waals surface area contributed by atoms with Gasteiger partial charge in [-0.3, -0.25) is 0 Å². The third kappa shape index (κ3) is 2.63. The van der Waals surface area contributed by atoms with E-state index < -0.39 is 0 Å². The molecule has 0 radical (unpaired) electrons. The van der Waals surface area contributed by atoms with Gasteiger partial charge in [-0.2, -0.15) is 0 Å². The van der Waals surface area contributed by atoms with Gasteiger partial charge in [0.05, 0.1) is 16.1 Å². The lowest BCUT2D eigenvalue weighted by atomic mass is 9.98. The summed E-state index contributed by atoms with van der Waals surface area (Å²) in [7, 11) is 0. The van der Waals surface area contributed by atoms with Crippen LogP contribution < -0.4 is 5.73 Å². The lowest BCUT2D eigenvalue weighted by Gasteiger charge is -2.15. The summed E-state index contributed by atoms with van der Waals surface area (Å²) in [5, 5.41) is 1.07. The zero-order valence-corrected chi connectivity index (χ0v) is 11.0. The van der Waals surface area contributed by atoms with Crippen molar-refractivity contribution in [1.29, 1.82) is 0 Å². The third-order valence-corrected chi connectivity index (χ3v) is 3.55. The van der Waals surface area contributed by atoms with E-state index >= 15 is 0 Å². The molecular formula is C14H13Cl2N. The highest BCUT2D eigenvalue weighted by Gasteiger charge is 2.14. The number of hydrogen-bond donors (Lipinski definition) is 1. The van der Waals surface area contributed by atoms with E-state index in [1.807, 2.05) is 37.3 Å². The van der Waals surface area contributed by atoms with Crippen LogP contribution in [0.1, 0.15) is 22.7 Å². The molecule has 1 atom stereocenters. The summed E-state index contributed by atoms with van der Waals surface area (Å²) in [6.45, 7) is 2.04. The molecule has 0 saturated heterocycles. The van der Waals surface area contributed by atoms with Crippen LogP contribution in [0.15, 0.2) is 42.5 Å². The third-order valence-electron chi connectivity index (χ3n) is 2.72. The summed E-state index contributed by atoms with van der Waals surface area (Å²) in [6, 6.07) is 13.4. The molecule has 1 unspecified atom stereocenters. The minimum absolute atomic E-state index is 0.249. The van der Waals surface area contributed by atoms with Gasteiger partial charge in [-0.15, -0.1) is 0 Å². The van der Waals surface area contributed by atoms with Crippen LogP contribution in [0, 0.1) is 6.92 Å². The van der Waals surface area contributed by atoms with Crippen LogP contribution in [0.4, 0.5) is 0 Å². The Balaban J connectivity index is 2.44. The smallest absolute Gasteiger partial charge is 0.0643 e. The largest absolute Gasteiger partial charge is 0.320 e. The average Bonchev–Trinajstić information content (AvgIpc) is 2.32. The van der Waals surface area contributed by atoms with Crippen LogP contribution in [-0.2, 0) is 0 Å². The number of rotatable bonds is 2. The minimum atomic E-state index is -0.249. The van der Waals surface area contributed by atoms with E-state index in [4.69, 9.17) is 28.9 Å². The van der Waals surface area contributed by atoms with Gasteiger partial charge in [0.2, 0.25) is 0 Å². The zero-order valence-electron chi connectivity index (χ0n) is 9.45. The molecule has 0 aliphatic rings. The van der Waals surface area contributed by atoms with E-state index in [-0.39, 0.29) is 6.04 Å². The SMILES string of the molecule is Cc1cccc(C(N)c2cccc(Cl)c2Cl)c1. The molecule has 0 aliphatic carbocycles. The fourth-order valence-electron chi connectivity index (χ4n) is 1.80. The Morgan fingerprint density at radius 1 is 1.06 bits per heavy atom. The molecule has 2 aromatic rings. The van der Waals surface area contributed by atoms with Crippen molar-refractivity contribution >= 4 is 23.2 Å². The van der Waals surface area contributed by atoms with Crippen LogP contribution in [0.3, 0.4) is 0 Å². The predicted octanol–water partition coefficient (Wildman–Crippen LogP) is 4.35. The molecular weight excluding hydrogens is 253 g/mol. The van der Waals surface area contributed by atoms with Crippen LogP contribution in [0.5, 0.6) is 0 Å². The summed E-state index contributed by atoms with van der Waals surface area (Å²) < 4.78 is 0. The second-order valence-electron chi connectivity index (χ2n) is 4.03. The van der Waals surface area contributed by atoms with Gasteiger partial charge in [-0.05, 0) is 24.1 Å². The molecule has 0 spiro atoms. The molecule has 17 heavy (non-hydrogen) atoms. The van der Waals surface area contributed by atoms with E-state index in [0.717, 1.165) is 11.1 Å². The average molecular weight is 266 g/mol. The molecule has 0 saturated carbocycles. The van der Waals surface area contributed by atoms with Crippen molar-refractivity contribution in [3.8, 4) is 0 Å². The van der Waals surface area contributed by atoms with Gasteiger partial charge >= 0.3 is 0 Å². The molecule has 2 rings (SSSR count). The summed E-state index contributed by atoms with van der Waals surface area (Å²) in [6.07, 6.45) is 0. The van der Waals surface area contributed by atoms with E-state index in [2.05, 4.69) is 6.07 Å². The van der Waals surface area contributed by atoms with Gasteiger partial charge < -0.3 is 5.73 Å². The van der Waals surface area contributed by atoms with E-state index in [1.54, 1.807) is 6.07 Å². The topological polar surface area (TPSA) is 26.0 Å². The highest BCUT2D eigenvalue weighted by molar-refractivity contribution is 6.42. The Hall–Kier alpha value is -1.02. The molecule has 2 aromatic carbocycles. The first kappa shape index (κ1) is 12.4. The Bertz CT molecular complexity index is 537. The van der Waals surface area contributed by atoms with Crippen molar-refractivity contribution < 1.29 is 0 Å². The molecule has 0 bridgehead atoms. The standard InChI is InChI=1S/C14H13Cl2N/c1-9-4-2-5-10(8-9)14(17)11-6-3-7-12(15)13(11)16/h2-8,14H,17H2,1H3. The first-order valence-electron chi connectivity index (χ1n) is 5.35. The van der Waals surface area contributed by atoms with Gasteiger partial charge in [-0.1, -0.05) is 65.2 Å². The van der Waals surface area contributed by atoms with Crippen molar-refractivity contribution in [1.82, 2.24) is 0 Å². The van der Waals surface area contributed by atoms with Crippen molar-refractivity contribution in [3.63, 3.8) is 0 Å². The second-order valence-corrected chi connectivity index (χ2v) is 4.82. The Kier molecular flexibility index (Phi) is 3.72. The number of aryl methyl sites for hydroxylation is 1. The summed E-state index contributed by atoms with van der Waals surface area (Å²) in [4.78, 5) is 0. The Labute approximate surface area is 111 Å². The first-order chi connectivity index (χ1) is 8.09. The molecule has 0 aromatic heterocycles. The Morgan fingerprint density at radius 2 is 1.76 bits per heavy atom. The highest BCUT2D eigenvalue weighted by atomic mass is 35.5. The van der Waals surface area contributed by atoms with Crippen LogP contribution in [0.25, 0.3) is 0 Å². The molecule has 0 amide bonds. The molecule has 1 nitrogen and oxygen atoms in total. The highest BCUT2D eigenvalue weighted by Crippen LogP contribution is 2.31. The minimum Gasteiger partial charge on any atom is -0.320 e. The van der Waals surface area contributed by atoms with Crippen LogP contribution in [0.2, 0.25) is 10.0 Å². The Morgan fingerprint density at radius 3 is 2.47 bits per heavy atom. The molecule has 88 valence electrons. The lowest BCUT2D eigenvalue weighted by molar-refractivity contribution is 0.870. The molecule has 0 fully saturated rings. The predicted molar refractivity (Wildman–Crippen MR) is 73.7 cm³/mol. The number of nitrogens with two attached hydrogens (primary N) is 1. The maximum absolute atomic E-state index is 6.21. The van der Waals surface area contributed by atoms with Crippen molar-refractivity contribution in [2.75, 3.05) is 0 Å². The van der Waals surface area contributed by atoms with Crippen molar-refractivity contribution in [2.24, 2.45) is 5.73 Å². The lowest BCUT2D eigenvalue weighted by Crippen LogP contribution is -2.12. The van der Waals surface area contributed by atoms with Crippen LogP contribution in [-0.4, -0.2) is 0 Å². The monoisotopic (exact) mass is 265 g/mol. The summed E-state index contributed by atoms with van der Waals surface area (Å²) in [5.74, 6) is 0. The molecule has 3 heteroatoms. The number of halogens is 2. The van der Waals surface area contributed by atoms with Crippen molar-refractivity contribution in [3.05, 3.63) is 69.2 Å². The fourth-order valence-corrected chi connectivity index (χ4v) is 2.23. The van der Waals surface area contributed by atoms with E-state index in [1.165, 1.54) is 5.56 Å². The molecule has 0 heterocycles. The van der Waals surface area contributed by atoms with Gasteiger partial charge in [-0.25, -0.2) is 0 Å². The number of benzene rings is 2.